The van der Waals surface area contributed by atoms with Gasteiger partial charge in [0.05, 0.1) is 18.5 Å². The molecular formula is C14H20N4O3. The van der Waals surface area contributed by atoms with E-state index in [9.17, 15) is 9.59 Å². The van der Waals surface area contributed by atoms with Gasteiger partial charge in [-0.25, -0.2) is 9.78 Å². The van der Waals surface area contributed by atoms with E-state index in [0.29, 0.717) is 25.5 Å². The molecule has 1 aliphatic rings. The lowest BCUT2D eigenvalue weighted by atomic mass is 10.3. The predicted octanol–water partition coefficient (Wildman–Crippen LogP) is 1.32. The number of carbonyl (C=O) groups excluding carboxylic acids is 2. The first-order valence-corrected chi connectivity index (χ1v) is 7.00. The zero-order valence-corrected chi connectivity index (χ0v) is 12.3. The quantitative estimate of drug-likeness (QED) is 0.909. The smallest absolute Gasteiger partial charge is 0.409 e. The molecule has 114 valence electrons. The van der Waals surface area contributed by atoms with E-state index in [1.54, 1.807) is 24.1 Å². The molecule has 1 aliphatic heterocycles. The Balaban J connectivity index is 1.90. The van der Waals surface area contributed by atoms with Crippen molar-refractivity contribution in [2.45, 2.75) is 13.8 Å². The van der Waals surface area contributed by atoms with Gasteiger partial charge in [0.25, 0.3) is 0 Å². The second-order valence-corrected chi connectivity index (χ2v) is 4.76. The van der Waals surface area contributed by atoms with Crippen molar-refractivity contribution in [2.75, 3.05) is 43.0 Å². The fourth-order valence-corrected chi connectivity index (χ4v) is 2.19. The lowest BCUT2D eigenvalue weighted by molar-refractivity contribution is -0.114. The maximum absolute atomic E-state index is 11.6. The molecule has 1 aromatic rings. The molecule has 2 heterocycles. The predicted molar refractivity (Wildman–Crippen MR) is 79.3 cm³/mol. The number of amides is 2. The summed E-state index contributed by atoms with van der Waals surface area (Å²) in [5, 5.41) is 2.63. The zero-order chi connectivity index (χ0) is 15.2. The van der Waals surface area contributed by atoms with E-state index in [0.717, 1.165) is 18.8 Å². The van der Waals surface area contributed by atoms with Crippen LogP contribution in [0.1, 0.15) is 13.8 Å². The maximum Gasteiger partial charge on any atom is 0.409 e. The molecule has 0 bridgehead atoms. The Morgan fingerprint density at radius 1 is 1.29 bits per heavy atom. The number of rotatable bonds is 3. The minimum Gasteiger partial charge on any atom is -0.450 e. The van der Waals surface area contributed by atoms with E-state index >= 15 is 0 Å². The second kappa shape index (κ2) is 6.92. The molecule has 2 rings (SSSR count). The average molecular weight is 292 g/mol. The molecule has 0 aliphatic carbocycles. The second-order valence-electron chi connectivity index (χ2n) is 4.76. The van der Waals surface area contributed by atoms with Crippen LogP contribution in [0.15, 0.2) is 18.3 Å². The number of pyridine rings is 1. The molecule has 1 N–H and O–H groups in total. The Morgan fingerprint density at radius 2 is 2.00 bits per heavy atom. The standard InChI is InChI=1S/C14H20N4O3/c1-3-21-14(20)18-8-6-17(7-9-18)12-4-5-13(15-10-12)16-11(2)19/h4-5,10H,3,6-9H2,1-2H3,(H,15,16,19). The van der Waals surface area contributed by atoms with Crippen molar-refractivity contribution in [3.8, 4) is 0 Å². The molecule has 0 aromatic carbocycles. The Labute approximate surface area is 123 Å². The largest absolute Gasteiger partial charge is 0.450 e. The first-order valence-electron chi connectivity index (χ1n) is 7.00. The molecule has 0 radical (unpaired) electrons. The Kier molecular flexibility index (Phi) is 4.97. The van der Waals surface area contributed by atoms with Crippen LogP contribution in [0.5, 0.6) is 0 Å². The average Bonchev–Trinajstić information content (AvgIpc) is 2.48. The van der Waals surface area contributed by atoms with Crippen molar-refractivity contribution in [1.29, 1.82) is 0 Å². The van der Waals surface area contributed by atoms with Crippen LogP contribution in [0.4, 0.5) is 16.3 Å². The molecule has 0 unspecified atom stereocenters. The number of hydrogen-bond acceptors (Lipinski definition) is 5. The third kappa shape index (κ3) is 4.08. The van der Waals surface area contributed by atoms with E-state index in [1.807, 2.05) is 6.07 Å². The highest BCUT2D eigenvalue weighted by Crippen LogP contribution is 2.17. The Hall–Kier alpha value is -2.31. The van der Waals surface area contributed by atoms with Crippen LogP contribution in [-0.4, -0.2) is 54.7 Å². The first-order chi connectivity index (χ1) is 10.1. The van der Waals surface area contributed by atoms with Crippen LogP contribution in [-0.2, 0) is 9.53 Å². The van der Waals surface area contributed by atoms with Gasteiger partial charge in [0.15, 0.2) is 0 Å². The van der Waals surface area contributed by atoms with Crippen LogP contribution in [0.3, 0.4) is 0 Å². The zero-order valence-electron chi connectivity index (χ0n) is 12.3. The number of piperazine rings is 1. The molecular weight excluding hydrogens is 272 g/mol. The highest BCUT2D eigenvalue weighted by Gasteiger charge is 2.22. The number of anilines is 2. The van der Waals surface area contributed by atoms with E-state index in [4.69, 9.17) is 4.74 Å². The van der Waals surface area contributed by atoms with Crippen molar-refractivity contribution in [3.63, 3.8) is 0 Å². The summed E-state index contributed by atoms with van der Waals surface area (Å²) in [4.78, 5) is 30.6. The molecule has 0 saturated carbocycles. The molecule has 1 saturated heterocycles. The maximum atomic E-state index is 11.6. The van der Waals surface area contributed by atoms with Gasteiger partial charge in [-0.05, 0) is 19.1 Å². The third-order valence-corrected chi connectivity index (χ3v) is 3.22. The van der Waals surface area contributed by atoms with Crippen molar-refractivity contribution in [2.24, 2.45) is 0 Å². The molecule has 21 heavy (non-hydrogen) atoms. The van der Waals surface area contributed by atoms with Gasteiger partial charge >= 0.3 is 6.09 Å². The molecule has 7 nitrogen and oxygen atoms in total. The summed E-state index contributed by atoms with van der Waals surface area (Å²) in [5.41, 5.74) is 0.979. The lowest BCUT2D eigenvalue weighted by Crippen LogP contribution is -2.49. The summed E-state index contributed by atoms with van der Waals surface area (Å²) in [5.74, 6) is 0.398. The molecule has 7 heteroatoms. The van der Waals surface area contributed by atoms with Crippen molar-refractivity contribution in [1.82, 2.24) is 9.88 Å². The summed E-state index contributed by atoms with van der Waals surface area (Å²) < 4.78 is 4.99. The molecule has 2 amide bonds. The van der Waals surface area contributed by atoms with Crippen molar-refractivity contribution < 1.29 is 14.3 Å². The topological polar surface area (TPSA) is 74.8 Å². The van der Waals surface area contributed by atoms with E-state index in [2.05, 4.69) is 15.2 Å². The normalized spacial score (nSPS) is 14.8. The number of aromatic nitrogens is 1. The van der Waals surface area contributed by atoms with E-state index in [-0.39, 0.29) is 12.0 Å². The number of carbonyl (C=O) groups is 2. The lowest BCUT2D eigenvalue weighted by Gasteiger charge is -2.35. The van der Waals surface area contributed by atoms with Crippen molar-refractivity contribution in [3.05, 3.63) is 18.3 Å². The summed E-state index contributed by atoms with van der Waals surface area (Å²) >= 11 is 0. The summed E-state index contributed by atoms with van der Waals surface area (Å²) in [6.07, 6.45) is 1.47. The highest BCUT2D eigenvalue weighted by molar-refractivity contribution is 5.87. The van der Waals surface area contributed by atoms with Gasteiger partial charge in [0.1, 0.15) is 5.82 Å². The third-order valence-electron chi connectivity index (χ3n) is 3.22. The van der Waals surface area contributed by atoms with Gasteiger partial charge in [0.2, 0.25) is 5.91 Å². The molecule has 0 atom stereocenters. The minimum absolute atomic E-state index is 0.140. The number of nitrogens with one attached hydrogen (secondary N) is 1. The van der Waals surface area contributed by atoms with Crippen LogP contribution in [0, 0.1) is 0 Å². The van der Waals surface area contributed by atoms with Gasteiger partial charge < -0.3 is 19.9 Å². The SMILES string of the molecule is CCOC(=O)N1CCN(c2ccc(NC(C)=O)nc2)CC1. The highest BCUT2D eigenvalue weighted by atomic mass is 16.6. The van der Waals surface area contributed by atoms with Gasteiger partial charge in [-0.2, -0.15) is 0 Å². The number of ether oxygens (including phenoxy) is 1. The molecule has 1 aromatic heterocycles. The van der Waals surface area contributed by atoms with Crippen LogP contribution >= 0.6 is 0 Å². The molecule has 0 spiro atoms. The van der Waals surface area contributed by atoms with Crippen LogP contribution in [0.2, 0.25) is 0 Å². The van der Waals surface area contributed by atoms with Crippen LogP contribution in [0.25, 0.3) is 0 Å². The van der Waals surface area contributed by atoms with Crippen molar-refractivity contribution >= 4 is 23.5 Å². The Bertz CT molecular complexity index is 495. The first kappa shape index (κ1) is 15.1. The summed E-state index contributed by atoms with van der Waals surface area (Å²) in [7, 11) is 0. The van der Waals surface area contributed by atoms with Gasteiger partial charge in [-0.3, -0.25) is 4.79 Å². The van der Waals surface area contributed by atoms with Gasteiger partial charge in [-0.1, -0.05) is 0 Å². The summed E-state index contributed by atoms with van der Waals surface area (Å²) in [6.45, 7) is 6.38. The van der Waals surface area contributed by atoms with E-state index in [1.165, 1.54) is 6.92 Å². The van der Waals surface area contributed by atoms with Gasteiger partial charge in [0, 0.05) is 33.1 Å². The summed E-state index contributed by atoms with van der Waals surface area (Å²) in [6, 6.07) is 3.69. The van der Waals surface area contributed by atoms with Crippen LogP contribution < -0.4 is 10.2 Å². The Morgan fingerprint density at radius 3 is 2.52 bits per heavy atom. The number of nitrogens with zero attached hydrogens (tertiary/aromatic N) is 3. The van der Waals surface area contributed by atoms with Gasteiger partial charge in [-0.15, -0.1) is 0 Å². The fourth-order valence-electron chi connectivity index (χ4n) is 2.19. The minimum atomic E-state index is -0.253. The number of hydrogen-bond donors (Lipinski definition) is 1. The monoisotopic (exact) mass is 292 g/mol. The fraction of sp³-hybridized carbons (Fsp3) is 0.500. The van der Waals surface area contributed by atoms with E-state index < -0.39 is 0 Å². The molecule has 1 fully saturated rings.